The normalized spacial score (nSPS) is 15.6. The summed E-state index contributed by atoms with van der Waals surface area (Å²) in [6.07, 6.45) is 2.54. The molecule has 8 nitrogen and oxygen atoms in total. The highest BCUT2D eigenvalue weighted by Crippen LogP contribution is 2.23. The van der Waals surface area contributed by atoms with Gasteiger partial charge in [-0.3, -0.25) is 4.79 Å². The SMILES string of the molecule is Cc1cc(Cl)nc(Cl)c1C(=O)NCC[C@H](C)N1CCC(N(Cc2ccsc2)C(=O)NCCO)CC1. The van der Waals surface area contributed by atoms with Gasteiger partial charge < -0.3 is 25.5 Å². The number of amides is 3. The van der Waals surface area contributed by atoms with E-state index in [4.69, 9.17) is 28.3 Å². The highest BCUT2D eigenvalue weighted by Gasteiger charge is 2.29. The zero-order chi connectivity index (χ0) is 25.4. The number of likely N-dealkylation sites (tertiary alicyclic amines) is 1. The summed E-state index contributed by atoms with van der Waals surface area (Å²) >= 11 is 13.6. The number of aliphatic hydroxyl groups is 1. The standard InChI is InChI=1S/C24H33Cl2N5O3S/c1-16-13-20(25)29-22(26)21(16)23(33)27-7-3-17(2)30-9-4-19(5-10-30)31(24(34)28-8-11-32)14-18-6-12-35-15-18/h6,12-13,15,17,19,32H,3-5,7-11,14H2,1-2H3,(H,27,33)(H,28,34)/t17-/m0/s1. The Balaban J connectivity index is 1.49. The molecule has 192 valence electrons. The average Bonchev–Trinajstić information content (AvgIpc) is 3.34. The van der Waals surface area contributed by atoms with Gasteiger partial charge in [0.15, 0.2) is 0 Å². The summed E-state index contributed by atoms with van der Waals surface area (Å²) in [5.74, 6) is -0.250. The Labute approximate surface area is 220 Å². The number of thiophene rings is 1. The lowest BCUT2D eigenvalue weighted by molar-refractivity contribution is 0.0901. The maximum atomic E-state index is 12.8. The van der Waals surface area contributed by atoms with Crippen molar-refractivity contribution >= 4 is 46.5 Å². The maximum Gasteiger partial charge on any atom is 0.318 e. The van der Waals surface area contributed by atoms with E-state index in [1.807, 2.05) is 16.3 Å². The first-order valence-corrected chi connectivity index (χ1v) is 13.5. The predicted octanol–water partition coefficient (Wildman–Crippen LogP) is 3.94. The average molecular weight is 543 g/mol. The van der Waals surface area contributed by atoms with E-state index < -0.39 is 0 Å². The van der Waals surface area contributed by atoms with Crippen LogP contribution >= 0.6 is 34.5 Å². The molecule has 3 N–H and O–H groups in total. The molecular formula is C24H33Cl2N5O3S. The van der Waals surface area contributed by atoms with Crippen molar-refractivity contribution in [3.8, 4) is 0 Å². The molecular weight excluding hydrogens is 509 g/mol. The van der Waals surface area contributed by atoms with E-state index in [1.54, 1.807) is 24.3 Å². The number of carbonyl (C=O) groups is 2. The highest BCUT2D eigenvalue weighted by molar-refractivity contribution is 7.07. The maximum absolute atomic E-state index is 12.8. The largest absolute Gasteiger partial charge is 0.395 e. The molecule has 1 fully saturated rings. The predicted molar refractivity (Wildman–Crippen MR) is 140 cm³/mol. The molecule has 1 atom stereocenters. The molecule has 0 saturated carbocycles. The highest BCUT2D eigenvalue weighted by atomic mass is 35.5. The van der Waals surface area contributed by atoms with Gasteiger partial charge in [0.25, 0.3) is 5.91 Å². The summed E-state index contributed by atoms with van der Waals surface area (Å²) in [5, 5.41) is 19.3. The fourth-order valence-corrected chi connectivity index (χ4v) is 5.66. The third-order valence-electron chi connectivity index (χ3n) is 6.36. The van der Waals surface area contributed by atoms with Crippen molar-refractivity contribution < 1.29 is 14.7 Å². The number of nitrogens with zero attached hydrogens (tertiary/aromatic N) is 3. The molecule has 0 unspecified atom stereocenters. The van der Waals surface area contributed by atoms with Gasteiger partial charge in [0.05, 0.1) is 12.2 Å². The fraction of sp³-hybridized carbons (Fsp3) is 0.542. The van der Waals surface area contributed by atoms with Crippen LogP contribution in [0.1, 0.15) is 47.7 Å². The summed E-state index contributed by atoms with van der Waals surface area (Å²) < 4.78 is 0. The van der Waals surface area contributed by atoms with Gasteiger partial charge >= 0.3 is 6.03 Å². The Bertz CT molecular complexity index is 961. The van der Waals surface area contributed by atoms with Gasteiger partial charge in [-0.2, -0.15) is 11.3 Å². The topological polar surface area (TPSA) is 97.8 Å². The number of aromatic nitrogens is 1. The number of hydrogen-bond donors (Lipinski definition) is 3. The molecule has 3 heterocycles. The minimum absolute atomic E-state index is 0.0785. The Morgan fingerprint density at radius 1 is 1.29 bits per heavy atom. The van der Waals surface area contributed by atoms with Crippen LogP contribution in [0, 0.1) is 6.92 Å². The third-order valence-corrected chi connectivity index (χ3v) is 7.56. The fourth-order valence-electron chi connectivity index (χ4n) is 4.38. The molecule has 0 bridgehead atoms. The molecule has 0 spiro atoms. The minimum Gasteiger partial charge on any atom is -0.395 e. The Hall–Kier alpha value is -1.91. The number of piperidine rings is 1. The molecule has 0 aromatic carbocycles. The van der Waals surface area contributed by atoms with Crippen molar-refractivity contribution in [1.82, 2.24) is 25.4 Å². The first kappa shape index (κ1) is 27.7. The van der Waals surface area contributed by atoms with Gasteiger partial charge in [0.1, 0.15) is 10.3 Å². The second-order valence-corrected chi connectivity index (χ2v) is 10.3. The van der Waals surface area contributed by atoms with Crippen molar-refractivity contribution in [3.05, 3.63) is 49.9 Å². The van der Waals surface area contributed by atoms with E-state index in [-0.39, 0.29) is 47.5 Å². The number of halogens is 2. The van der Waals surface area contributed by atoms with E-state index in [0.29, 0.717) is 24.2 Å². The van der Waals surface area contributed by atoms with Gasteiger partial charge in [0, 0.05) is 44.8 Å². The van der Waals surface area contributed by atoms with Crippen molar-refractivity contribution in [3.63, 3.8) is 0 Å². The third kappa shape index (κ3) is 7.79. The number of urea groups is 1. The smallest absolute Gasteiger partial charge is 0.318 e. The Kier molecular flexibility index (Phi) is 10.6. The molecule has 1 aliphatic heterocycles. The molecule has 0 radical (unpaired) electrons. The van der Waals surface area contributed by atoms with Crippen molar-refractivity contribution in [2.45, 2.75) is 51.7 Å². The lowest BCUT2D eigenvalue weighted by atomic mass is 10.0. The van der Waals surface area contributed by atoms with E-state index in [0.717, 1.165) is 37.9 Å². The van der Waals surface area contributed by atoms with Gasteiger partial charge in [-0.25, -0.2) is 9.78 Å². The summed E-state index contributed by atoms with van der Waals surface area (Å²) in [5.41, 5.74) is 2.17. The number of aliphatic hydroxyl groups excluding tert-OH is 1. The number of aryl methyl sites for hydroxylation is 1. The lowest BCUT2D eigenvalue weighted by Crippen LogP contribution is -2.52. The quantitative estimate of drug-likeness (QED) is 0.396. The molecule has 11 heteroatoms. The second kappa shape index (κ2) is 13.4. The number of hydrogen-bond acceptors (Lipinski definition) is 6. The van der Waals surface area contributed by atoms with Crippen LogP contribution in [-0.4, -0.2) is 76.7 Å². The van der Waals surface area contributed by atoms with Crippen molar-refractivity contribution in [2.75, 3.05) is 32.8 Å². The van der Waals surface area contributed by atoms with Crippen LogP contribution in [0.4, 0.5) is 4.79 Å². The van der Waals surface area contributed by atoms with Crippen molar-refractivity contribution in [2.24, 2.45) is 0 Å². The van der Waals surface area contributed by atoms with E-state index in [1.165, 1.54) is 0 Å². The zero-order valence-corrected chi connectivity index (χ0v) is 22.4. The first-order valence-electron chi connectivity index (χ1n) is 11.8. The van der Waals surface area contributed by atoms with Crippen LogP contribution in [0.2, 0.25) is 10.3 Å². The van der Waals surface area contributed by atoms with Crippen LogP contribution in [-0.2, 0) is 6.54 Å². The first-order chi connectivity index (χ1) is 16.8. The van der Waals surface area contributed by atoms with Crippen molar-refractivity contribution in [1.29, 1.82) is 0 Å². The summed E-state index contributed by atoms with van der Waals surface area (Å²) in [4.78, 5) is 33.6. The van der Waals surface area contributed by atoms with E-state index in [9.17, 15) is 9.59 Å². The number of carbonyl (C=O) groups excluding carboxylic acids is 2. The lowest BCUT2D eigenvalue weighted by Gasteiger charge is -2.40. The van der Waals surface area contributed by atoms with Crippen LogP contribution in [0.25, 0.3) is 0 Å². The molecule has 1 saturated heterocycles. The van der Waals surface area contributed by atoms with Crippen LogP contribution in [0.3, 0.4) is 0 Å². The van der Waals surface area contributed by atoms with Gasteiger partial charge in [0.2, 0.25) is 0 Å². The molecule has 0 aliphatic carbocycles. The van der Waals surface area contributed by atoms with Gasteiger partial charge in [-0.1, -0.05) is 23.2 Å². The van der Waals surface area contributed by atoms with Gasteiger partial charge in [-0.15, -0.1) is 0 Å². The zero-order valence-electron chi connectivity index (χ0n) is 20.1. The molecule has 1 aliphatic rings. The van der Waals surface area contributed by atoms with Crippen LogP contribution in [0.15, 0.2) is 22.9 Å². The van der Waals surface area contributed by atoms with E-state index >= 15 is 0 Å². The van der Waals surface area contributed by atoms with Crippen LogP contribution < -0.4 is 10.6 Å². The van der Waals surface area contributed by atoms with Crippen LogP contribution in [0.5, 0.6) is 0 Å². The van der Waals surface area contributed by atoms with E-state index in [2.05, 4.69) is 32.8 Å². The Morgan fingerprint density at radius 2 is 2.03 bits per heavy atom. The Morgan fingerprint density at radius 3 is 2.66 bits per heavy atom. The molecule has 35 heavy (non-hydrogen) atoms. The summed E-state index contributed by atoms with van der Waals surface area (Å²) in [6, 6.07) is 3.95. The number of rotatable bonds is 10. The molecule has 3 rings (SSSR count). The summed E-state index contributed by atoms with van der Waals surface area (Å²) in [6.45, 7) is 6.94. The number of nitrogens with one attached hydrogen (secondary N) is 2. The molecule has 3 amide bonds. The van der Waals surface area contributed by atoms with Gasteiger partial charge in [-0.05, 0) is 67.1 Å². The number of pyridine rings is 1. The summed E-state index contributed by atoms with van der Waals surface area (Å²) in [7, 11) is 0. The molecule has 2 aromatic rings. The minimum atomic E-state index is -0.250. The second-order valence-electron chi connectivity index (χ2n) is 8.80. The molecule has 2 aromatic heterocycles. The monoisotopic (exact) mass is 541 g/mol.